The zero-order valence-electron chi connectivity index (χ0n) is 13.1. The minimum Gasteiger partial charge on any atom is -0.356 e. The van der Waals surface area contributed by atoms with Gasteiger partial charge in [-0.05, 0) is 38.2 Å². The molecule has 0 spiro atoms. The lowest BCUT2D eigenvalue weighted by atomic mass is 9.90. The largest absolute Gasteiger partial charge is 0.356 e. The smallest absolute Gasteiger partial charge is 0.223 e. The van der Waals surface area contributed by atoms with E-state index in [0.29, 0.717) is 6.04 Å². The third-order valence-electron chi connectivity index (χ3n) is 5.03. The predicted molar refractivity (Wildman–Crippen MR) is 88.1 cm³/mol. The molecule has 1 aliphatic carbocycles. The predicted octanol–water partition coefficient (Wildman–Crippen LogP) is 1.91. The summed E-state index contributed by atoms with van der Waals surface area (Å²) in [5.41, 5.74) is 0.863. The molecule has 1 amide bonds. The second-order valence-corrected chi connectivity index (χ2v) is 6.49. The van der Waals surface area contributed by atoms with Gasteiger partial charge in [-0.3, -0.25) is 9.78 Å². The molecule has 6 nitrogen and oxygen atoms in total. The van der Waals surface area contributed by atoms with Gasteiger partial charge in [0.15, 0.2) is 0 Å². The van der Waals surface area contributed by atoms with Crippen LogP contribution in [-0.4, -0.2) is 40.0 Å². The molecule has 0 bridgehead atoms. The maximum absolute atomic E-state index is 12.3. The van der Waals surface area contributed by atoms with Gasteiger partial charge in [-0.1, -0.05) is 0 Å². The maximum atomic E-state index is 12.3. The maximum Gasteiger partial charge on any atom is 0.223 e. The summed E-state index contributed by atoms with van der Waals surface area (Å²) in [4.78, 5) is 27.4. The van der Waals surface area contributed by atoms with Crippen LogP contribution >= 0.6 is 0 Å². The SMILES string of the molecule is O=C(NC1CCC1)C1CCN(c2ncnc3cnccc23)CC1. The van der Waals surface area contributed by atoms with Gasteiger partial charge in [0.1, 0.15) is 12.1 Å². The zero-order valence-corrected chi connectivity index (χ0v) is 13.1. The molecule has 0 unspecified atom stereocenters. The number of nitrogens with one attached hydrogen (secondary N) is 1. The number of anilines is 1. The van der Waals surface area contributed by atoms with Gasteiger partial charge in [-0.15, -0.1) is 0 Å². The topological polar surface area (TPSA) is 71.0 Å². The molecule has 1 aliphatic heterocycles. The van der Waals surface area contributed by atoms with E-state index in [0.717, 1.165) is 55.5 Å². The average molecular weight is 311 g/mol. The highest BCUT2D eigenvalue weighted by Crippen LogP contribution is 2.27. The number of fused-ring (bicyclic) bond motifs is 1. The first-order valence-electron chi connectivity index (χ1n) is 8.41. The van der Waals surface area contributed by atoms with Crippen molar-refractivity contribution in [2.45, 2.75) is 38.1 Å². The summed E-state index contributed by atoms with van der Waals surface area (Å²) >= 11 is 0. The van der Waals surface area contributed by atoms with Gasteiger partial charge in [0.25, 0.3) is 0 Å². The Bertz CT molecular complexity index is 702. The molecule has 3 heterocycles. The van der Waals surface area contributed by atoms with Gasteiger partial charge >= 0.3 is 0 Å². The van der Waals surface area contributed by atoms with Crippen LogP contribution in [0.5, 0.6) is 0 Å². The molecule has 2 aromatic heterocycles. The van der Waals surface area contributed by atoms with E-state index in [-0.39, 0.29) is 11.8 Å². The molecule has 0 radical (unpaired) electrons. The number of piperidine rings is 1. The minimum atomic E-state index is 0.140. The van der Waals surface area contributed by atoms with Crippen LogP contribution in [0.2, 0.25) is 0 Å². The third kappa shape index (κ3) is 2.85. The number of hydrogen-bond acceptors (Lipinski definition) is 5. The van der Waals surface area contributed by atoms with E-state index in [1.807, 2.05) is 6.07 Å². The number of carbonyl (C=O) groups is 1. The standard InChI is InChI=1S/C17H21N5O/c23-17(21-13-2-1-3-13)12-5-8-22(9-6-12)16-14-4-7-18-10-15(14)19-11-20-16/h4,7,10-13H,1-3,5-6,8-9H2,(H,21,23). The van der Waals surface area contributed by atoms with Crippen molar-refractivity contribution >= 4 is 22.6 Å². The van der Waals surface area contributed by atoms with Crippen molar-refractivity contribution < 1.29 is 4.79 Å². The number of rotatable bonds is 3. The number of amides is 1. The Balaban J connectivity index is 1.43. The van der Waals surface area contributed by atoms with Crippen molar-refractivity contribution in [1.82, 2.24) is 20.3 Å². The summed E-state index contributed by atoms with van der Waals surface area (Å²) in [6.45, 7) is 1.72. The fourth-order valence-electron chi connectivity index (χ4n) is 3.37. The number of pyridine rings is 1. The quantitative estimate of drug-likeness (QED) is 0.937. The summed E-state index contributed by atoms with van der Waals surface area (Å²) < 4.78 is 0. The fourth-order valence-corrected chi connectivity index (χ4v) is 3.37. The van der Waals surface area contributed by atoms with E-state index in [2.05, 4.69) is 25.2 Å². The van der Waals surface area contributed by atoms with Crippen LogP contribution in [0.3, 0.4) is 0 Å². The van der Waals surface area contributed by atoms with E-state index < -0.39 is 0 Å². The Morgan fingerprint density at radius 2 is 2.00 bits per heavy atom. The van der Waals surface area contributed by atoms with Crippen molar-refractivity contribution in [2.75, 3.05) is 18.0 Å². The molecule has 23 heavy (non-hydrogen) atoms. The highest BCUT2D eigenvalue weighted by molar-refractivity contribution is 5.88. The second-order valence-electron chi connectivity index (χ2n) is 6.49. The lowest BCUT2D eigenvalue weighted by molar-refractivity contribution is -0.126. The minimum absolute atomic E-state index is 0.140. The van der Waals surface area contributed by atoms with Crippen LogP contribution in [-0.2, 0) is 4.79 Å². The van der Waals surface area contributed by atoms with Crippen molar-refractivity contribution in [3.8, 4) is 0 Å². The summed E-state index contributed by atoms with van der Waals surface area (Å²) in [7, 11) is 0. The van der Waals surface area contributed by atoms with E-state index >= 15 is 0 Å². The monoisotopic (exact) mass is 311 g/mol. The Hall–Kier alpha value is -2.24. The highest BCUT2D eigenvalue weighted by Gasteiger charge is 2.29. The van der Waals surface area contributed by atoms with Gasteiger partial charge in [-0.25, -0.2) is 9.97 Å². The van der Waals surface area contributed by atoms with Crippen LogP contribution in [0.1, 0.15) is 32.1 Å². The summed E-state index contributed by atoms with van der Waals surface area (Å²) in [6, 6.07) is 2.39. The molecule has 0 aromatic carbocycles. The first kappa shape index (κ1) is 14.4. The fraction of sp³-hybridized carbons (Fsp3) is 0.529. The summed E-state index contributed by atoms with van der Waals surface area (Å²) in [5.74, 6) is 1.34. The normalized spacial score (nSPS) is 19.6. The van der Waals surface area contributed by atoms with Gasteiger partial charge in [0, 0.05) is 36.6 Å². The van der Waals surface area contributed by atoms with Gasteiger partial charge in [0.05, 0.1) is 11.7 Å². The van der Waals surface area contributed by atoms with Crippen molar-refractivity contribution in [3.63, 3.8) is 0 Å². The zero-order chi connectivity index (χ0) is 15.6. The van der Waals surface area contributed by atoms with Crippen LogP contribution in [0, 0.1) is 5.92 Å². The molecule has 120 valence electrons. The third-order valence-corrected chi connectivity index (χ3v) is 5.03. The number of carbonyl (C=O) groups excluding carboxylic acids is 1. The Morgan fingerprint density at radius 3 is 2.74 bits per heavy atom. The van der Waals surface area contributed by atoms with Crippen LogP contribution in [0.25, 0.3) is 10.9 Å². The molecule has 2 fully saturated rings. The molecule has 2 aliphatic rings. The number of aromatic nitrogens is 3. The van der Waals surface area contributed by atoms with Crippen molar-refractivity contribution in [1.29, 1.82) is 0 Å². The van der Waals surface area contributed by atoms with Crippen LogP contribution in [0.4, 0.5) is 5.82 Å². The molecule has 1 saturated carbocycles. The number of hydrogen-bond donors (Lipinski definition) is 1. The molecule has 0 atom stereocenters. The Morgan fingerprint density at radius 1 is 1.17 bits per heavy atom. The number of nitrogens with zero attached hydrogens (tertiary/aromatic N) is 4. The van der Waals surface area contributed by atoms with E-state index in [4.69, 9.17) is 0 Å². The van der Waals surface area contributed by atoms with Gasteiger partial charge < -0.3 is 10.2 Å². The van der Waals surface area contributed by atoms with Gasteiger partial charge in [-0.2, -0.15) is 0 Å². The Labute approximate surface area is 135 Å². The molecule has 6 heteroatoms. The molecule has 2 aromatic rings. The molecule has 1 saturated heterocycles. The van der Waals surface area contributed by atoms with E-state index in [1.165, 1.54) is 6.42 Å². The van der Waals surface area contributed by atoms with Crippen LogP contribution < -0.4 is 10.2 Å². The average Bonchev–Trinajstić information content (AvgIpc) is 2.57. The van der Waals surface area contributed by atoms with E-state index in [1.54, 1.807) is 18.7 Å². The first-order chi connectivity index (χ1) is 11.3. The van der Waals surface area contributed by atoms with Crippen LogP contribution in [0.15, 0.2) is 24.8 Å². The molecular formula is C17H21N5O. The molecule has 1 N–H and O–H groups in total. The lowest BCUT2D eigenvalue weighted by Crippen LogP contribution is -2.46. The Kier molecular flexibility index (Phi) is 3.81. The van der Waals surface area contributed by atoms with Crippen molar-refractivity contribution in [2.24, 2.45) is 5.92 Å². The highest BCUT2D eigenvalue weighted by atomic mass is 16.2. The molecular weight excluding hydrogens is 290 g/mol. The summed E-state index contributed by atoms with van der Waals surface area (Å²) in [5, 5.41) is 4.21. The van der Waals surface area contributed by atoms with Crippen molar-refractivity contribution in [3.05, 3.63) is 24.8 Å². The van der Waals surface area contributed by atoms with E-state index in [9.17, 15) is 4.79 Å². The summed E-state index contributed by atoms with van der Waals surface area (Å²) in [6.07, 6.45) is 10.4. The first-order valence-corrected chi connectivity index (χ1v) is 8.41. The molecule has 4 rings (SSSR count). The van der Waals surface area contributed by atoms with Gasteiger partial charge in [0.2, 0.25) is 5.91 Å². The second kappa shape index (κ2) is 6.10. The lowest BCUT2D eigenvalue weighted by Gasteiger charge is -2.34.